The zero-order valence-corrected chi connectivity index (χ0v) is 18.3. The molecule has 166 valence electrons. The second kappa shape index (κ2) is 9.92. The topological polar surface area (TPSA) is 126 Å². The van der Waals surface area contributed by atoms with Crippen LogP contribution < -0.4 is 20.1 Å². The lowest BCUT2D eigenvalue weighted by Crippen LogP contribution is -2.23. The first-order chi connectivity index (χ1) is 15.3. The van der Waals surface area contributed by atoms with Crippen molar-refractivity contribution in [2.75, 3.05) is 16.6 Å². The molecule has 0 unspecified atom stereocenters. The lowest BCUT2D eigenvalue weighted by atomic mass is 10.2. The molecule has 0 aliphatic carbocycles. The summed E-state index contributed by atoms with van der Waals surface area (Å²) in [5, 5.41) is 5.27. The Balaban J connectivity index is 1.71. The first-order valence-electron chi connectivity index (χ1n) is 9.70. The maximum atomic E-state index is 12.6. The first kappa shape index (κ1) is 22.8. The second-order valence-corrected chi connectivity index (χ2v) is 8.34. The quantitative estimate of drug-likeness (QED) is 0.479. The van der Waals surface area contributed by atoms with Crippen LogP contribution in [0.15, 0.2) is 71.8 Å². The van der Waals surface area contributed by atoms with Crippen LogP contribution in [0.3, 0.4) is 0 Å². The van der Waals surface area contributed by atoms with E-state index in [-0.39, 0.29) is 22.6 Å². The summed E-state index contributed by atoms with van der Waals surface area (Å²) >= 11 is 0. The Bertz CT molecular complexity index is 1210. The van der Waals surface area contributed by atoms with E-state index in [0.717, 1.165) is 0 Å². The normalized spacial score (nSPS) is 10.8. The van der Waals surface area contributed by atoms with Crippen LogP contribution in [0.1, 0.15) is 24.2 Å². The number of hydrogen-bond acceptors (Lipinski definition) is 6. The van der Waals surface area contributed by atoms with Crippen LogP contribution in [0.25, 0.3) is 0 Å². The molecule has 9 nitrogen and oxygen atoms in total. The number of ether oxygens (including phenoxy) is 1. The molecule has 0 bridgehead atoms. The number of benzene rings is 2. The van der Waals surface area contributed by atoms with Gasteiger partial charge in [0.15, 0.2) is 0 Å². The molecule has 0 aliphatic rings. The molecule has 0 fully saturated rings. The smallest absolute Gasteiger partial charge is 0.261 e. The summed E-state index contributed by atoms with van der Waals surface area (Å²) in [7, 11) is -3.82. The van der Waals surface area contributed by atoms with Crippen molar-refractivity contribution in [3.63, 3.8) is 0 Å². The summed E-state index contributed by atoms with van der Waals surface area (Å²) in [5.74, 6) is -0.0164. The molecule has 0 aliphatic heterocycles. The number of hydrogen-bond donors (Lipinski definition) is 3. The number of aromatic nitrogens is 1. The van der Waals surface area contributed by atoms with Crippen LogP contribution in [0.2, 0.25) is 0 Å². The predicted octanol–water partition coefficient (Wildman–Crippen LogP) is 3.38. The Hall–Kier alpha value is -3.92. The maximum absolute atomic E-state index is 12.6. The van der Waals surface area contributed by atoms with Gasteiger partial charge in [-0.1, -0.05) is 0 Å². The van der Waals surface area contributed by atoms with Gasteiger partial charge in [0.25, 0.3) is 15.9 Å². The van der Waals surface area contributed by atoms with Crippen molar-refractivity contribution in [3.8, 4) is 11.6 Å². The summed E-state index contributed by atoms with van der Waals surface area (Å²) in [5.41, 5.74) is 1.12. The minimum absolute atomic E-state index is 0.0481. The largest absolute Gasteiger partial charge is 0.438 e. The van der Waals surface area contributed by atoms with Gasteiger partial charge in [-0.25, -0.2) is 13.4 Å². The van der Waals surface area contributed by atoms with E-state index < -0.39 is 10.0 Å². The van der Waals surface area contributed by atoms with Crippen molar-refractivity contribution in [1.29, 1.82) is 0 Å². The molecule has 0 saturated carbocycles. The maximum Gasteiger partial charge on any atom is 0.261 e. The molecule has 10 heteroatoms. The van der Waals surface area contributed by atoms with Gasteiger partial charge in [-0.15, -0.1) is 0 Å². The summed E-state index contributed by atoms with van der Waals surface area (Å²) in [6.45, 7) is 3.65. The number of amides is 2. The highest BCUT2D eigenvalue weighted by Gasteiger charge is 2.16. The van der Waals surface area contributed by atoms with Gasteiger partial charge in [0.1, 0.15) is 11.3 Å². The van der Waals surface area contributed by atoms with Crippen LogP contribution in [0.5, 0.6) is 11.6 Å². The number of nitrogens with one attached hydrogen (secondary N) is 3. The van der Waals surface area contributed by atoms with Crippen molar-refractivity contribution in [2.24, 2.45) is 0 Å². The van der Waals surface area contributed by atoms with E-state index in [9.17, 15) is 18.0 Å². The number of nitrogens with zero attached hydrogens (tertiary/aromatic N) is 1. The van der Waals surface area contributed by atoms with Gasteiger partial charge in [-0.05, 0) is 67.6 Å². The molecule has 1 heterocycles. The number of anilines is 2. The average molecular weight is 455 g/mol. The van der Waals surface area contributed by atoms with Crippen LogP contribution in [-0.2, 0) is 14.8 Å². The Morgan fingerprint density at radius 1 is 0.969 bits per heavy atom. The van der Waals surface area contributed by atoms with E-state index in [1.54, 1.807) is 24.3 Å². The highest BCUT2D eigenvalue weighted by atomic mass is 32.2. The second-order valence-electron chi connectivity index (χ2n) is 6.65. The molecule has 1 aromatic heterocycles. The summed E-state index contributed by atoms with van der Waals surface area (Å²) in [6, 6.07) is 15.2. The number of carbonyl (C=O) groups excluding carboxylic acids is 2. The van der Waals surface area contributed by atoms with Gasteiger partial charge in [-0.2, -0.15) is 0 Å². The molecule has 0 saturated heterocycles. The third-order valence-electron chi connectivity index (χ3n) is 4.16. The number of rotatable bonds is 8. The van der Waals surface area contributed by atoms with Crippen LogP contribution >= 0.6 is 0 Å². The number of carbonyl (C=O) groups is 2. The van der Waals surface area contributed by atoms with Gasteiger partial charge >= 0.3 is 0 Å². The zero-order chi connectivity index (χ0) is 23.1. The van der Waals surface area contributed by atoms with Crippen molar-refractivity contribution in [3.05, 3.63) is 72.4 Å². The molecular weight excluding hydrogens is 432 g/mol. The fraction of sp³-hybridized carbons (Fsp3) is 0.136. The molecule has 2 aromatic carbocycles. The molecule has 3 N–H and O–H groups in total. The van der Waals surface area contributed by atoms with Gasteiger partial charge in [0.2, 0.25) is 11.8 Å². The van der Waals surface area contributed by atoms with E-state index in [2.05, 4.69) is 20.3 Å². The number of sulfonamides is 1. The first-order valence-corrected chi connectivity index (χ1v) is 11.2. The van der Waals surface area contributed by atoms with E-state index >= 15 is 0 Å². The molecule has 0 radical (unpaired) electrons. The van der Waals surface area contributed by atoms with Crippen molar-refractivity contribution >= 4 is 33.2 Å². The Kier molecular flexibility index (Phi) is 7.06. The molecule has 3 aromatic rings. The minimum Gasteiger partial charge on any atom is -0.438 e. The average Bonchev–Trinajstić information content (AvgIpc) is 2.75. The predicted molar refractivity (Wildman–Crippen MR) is 120 cm³/mol. The highest BCUT2D eigenvalue weighted by molar-refractivity contribution is 7.92. The molecule has 0 spiro atoms. The SMILES string of the molecule is CCNC(=O)c1cccnc1Oc1ccc(NS(=O)(=O)c2ccc(NC(C)=O)cc2)cc1. The van der Waals surface area contributed by atoms with Gasteiger partial charge in [0.05, 0.1) is 4.90 Å². The van der Waals surface area contributed by atoms with Crippen LogP contribution in [0, 0.1) is 0 Å². The summed E-state index contributed by atoms with van der Waals surface area (Å²) in [6.07, 6.45) is 1.51. The van der Waals surface area contributed by atoms with E-state index in [0.29, 0.717) is 29.2 Å². The third kappa shape index (κ3) is 5.82. The van der Waals surface area contributed by atoms with Crippen molar-refractivity contribution < 1.29 is 22.7 Å². The monoisotopic (exact) mass is 454 g/mol. The van der Waals surface area contributed by atoms with Crippen LogP contribution in [-0.4, -0.2) is 31.8 Å². The summed E-state index contributed by atoms with van der Waals surface area (Å²) in [4.78, 5) is 27.4. The van der Waals surface area contributed by atoms with Gasteiger partial charge in [0, 0.05) is 31.0 Å². The van der Waals surface area contributed by atoms with Crippen LogP contribution in [0.4, 0.5) is 11.4 Å². The summed E-state index contributed by atoms with van der Waals surface area (Å²) < 4.78 is 33.4. The van der Waals surface area contributed by atoms with Crippen molar-refractivity contribution in [1.82, 2.24) is 10.3 Å². The zero-order valence-electron chi connectivity index (χ0n) is 17.5. The van der Waals surface area contributed by atoms with Crippen molar-refractivity contribution in [2.45, 2.75) is 18.7 Å². The molecular formula is C22H22N4O5S. The fourth-order valence-electron chi connectivity index (χ4n) is 2.74. The Labute approximate surface area is 185 Å². The minimum atomic E-state index is -3.82. The Morgan fingerprint density at radius 2 is 1.62 bits per heavy atom. The molecule has 3 rings (SSSR count). The van der Waals surface area contributed by atoms with Gasteiger partial charge < -0.3 is 15.4 Å². The molecule has 2 amide bonds. The van der Waals surface area contributed by atoms with E-state index in [1.165, 1.54) is 49.5 Å². The van der Waals surface area contributed by atoms with E-state index in [4.69, 9.17) is 4.74 Å². The standard InChI is InChI=1S/C22H22N4O5S/c1-3-23-21(28)20-5-4-14-24-22(20)31-18-10-6-17(7-11-18)26-32(29,30)19-12-8-16(9-13-19)25-15(2)27/h4-14,26H,3H2,1-2H3,(H,23,28)(H,25,27). The molecule has 32 heavy (non-hydrogen) atoms. The van der Waals surface area contributed by atoms with E-state index in [1.807, 2.05) is 6.92 Å². The highest BCUT2D eigenvalue weighted by Crippen LogP contribution is 2.25. The number of pyridine rings is 1. The Morgan fingerprint density at radius 3 is 2.25 bits per heavy atom. The molecule has 0 atom stereocenters. The lowest BCUT2D eigenvalue weighted by molar-refractivity contribution is -0.114. The fourth-order valence-corrected chi connectivity index (χ4v) is 3.80. The lowest BCUT2D eigenvalue weighted by Gasteiger charge is -2.11. The third-order valence-corrected chi connectivity index (χ3v) is 5.56. The van der Waals surface area contributed by atoms with Gasteiger partial charge in [-0.3, -0.25) is 14.3 Å².